The second kappa shape index (κ2) is 11.1. The van der Waals surface area contributed by atoms with E-state index in [0.29, 0.717) is 5.56 Å². The summed E-state index contributed by atoms with van der Waals surface area (Å²) in [6.07, 6.45) is 0. The Morgan fingerprint density at radius 3 is 2.32 bits per heavy atom. The number of ether oxygens (including phenoxy) is 2. The van der Waals surface area contributed by atoms with E-state index in [9.17, 15) is 18.0 Å². The molecule has 1 amide bonds. The van der Waals surface area contributed by atoms with Crippen LogP contribution in [-0.4, -0.2) is 45.4 Å². The number of nitrogens with zero attached hydrogens (tertiary/aromatic N) is 1. The molecule has 8 nitrogen and oxygen atoms in total. The van der Waals surface area contributed by atoms with Crippen LogP contribution in [0.5, 0.6) is 5.75 Å². The predicted molar refractivity (Wildman–Crippen MR) is 128 cm³/mol. The molecule has 3 aromatic rings. The molecule has 178 valence electrons. The van der Waals surface area contributed by atoms with Gasteiger partial charge in [-0.25, -0.2) is 13.2 Å². The molecule has 0 aliphatic heterocycles. The summed E-state index contributed by atoms with van der Waals surface area (Å²) in [5.74, 6) is -1.18. The fraction of sp³-hybridized carbons (Fsp3) is 0.167. The molecule has 0 atom stereocenters. The van der Waals surface area contributed by atoms with Gasteiger partial charge in [0.05, 0.1) is 32.0 Å². The van der Waals surface area contributed by atoms with Crippen LogP contribution < -0.4 is 10.1 Å². The van der Waals surface area contributed by atoms with Crippen molar-refractivity contribution >= 4 is 39.2 Å². The summed E-state index contributed by atoms with van der Waals surface area (Å²) in [4.78, 5) is 24.8. The molecule has 0 heterocycles. The lowest BCUT2D eigenvalue weighted by Crippen LogP contribution is -2.38. The quantitative estimate of drug-likeness (QED) is 0.444. The first-order valence-electron chi connectivity index (χ1n) is 10.1. The number of esters is 1. The molecule has 10 heteroatoms. The molecule has 34 heavy (non-hydrogen) atoms. The van der Waals surface area contributed by atoms with Crippen LogP contribution in [0, 0.1) is 0 Å². The lowest BCUT2D eigenvalue weighted by atomic mass is 10.2. The number of methoxy groups -OCH3 is 2. The minimum Gasteiger partial charge on any atom is -0.495 e. The number of rotatable bonds is 9. The lowest BCUT2D eigenvalue weighted by molar-refractivity contribution is -0.116. The molecule has 0 aliphatic carbocycles. The minimum absolute atomic E-state index is 0.0785. The van der Waals surface area contributed by atoms with Crippen molar-refractivity contribution in [2.24, 2.45) is 0 Å². The zero-order valence-electron chi connectivity index (χ0n) is 18.5. The highest BCUT2D eigenvalue weighted by molar-refractivity contribution is 7.89. The van der Waals surface area contributed by atoms with E-state index >= 15 is 0 Å². The standard InChI is InChI=1S/C24H23ClN2O6S/c1-32-21-13-12-18(25)14-22(21)34(30,31)27(15-17-8-4-3-5-9-17)16-23(28)26-20-11-7-6-10-19(20)24(29)33-2/h3-14H,15-16H2,1-2H3,(H,26,28). The number of sulfonamides is 1. The van der Waals surface area contributed by atoms with Crippen molar-refractivity contribution in [1.29, 1.82) is 0 Å². The first kappa shape index (κ1) is 25.2. The molecule has 0 bridgehead atoms. The highest BCUT2D eigenvalue weighted by Gasteiger charge is 2.30. The molecule has 0 saturated heterocycles. The Morgan fingerprint density at radius 1 is 0.971 bits per heavy atom. The van der Waals surface area contributed by atoms with Gasteiger partial charge in [0.2, 0.25) is 15.9 Å². The van der Waals surface area contributed by atoms with E-state index in [2.05, 4.69) is 5.32 Å². The number of amides is 1. The van der Waals surface area contributed by atoms with Crippen LogP contribution in [0.1, 0.15) is 15.9 Å². The van der Waals surface area contributed by atoms with Gasteiger partial charge in [-0.2, -0.15) is 4.31 Å². The van der Waals surface area contributed by atoms with E-state index in [4.69, 9.17) is 21.1 Å². The van der Waals surface area contributed by atoms with Crippen LogP contribution in [0.15, 0.2) is 77.7 Å². The van der Waals surface area contributed by atoms with Crippen LogP contribution >= 0.6 is 11.6 Å². The van der Waals surface area contributed by atoms with Crippen molar-refractivity contribution in [3.05, 3.63) is 88.9 Å². The minimum atomic E-state index is -4.21. The SMILES string of the molecule is COC(=O)c1ccccc1NC(=O)CN(Cc1ccccc1)S(=O)(=O)c1cc(Cl)ccc1OC. The van der Waals surface area contributed by atoms with E-state index in [-0.39, 0.29) is 33.5 Å². The van der Waals surface area contributed by atoms with Gasteiger partial charge in [0.15, 0.2) is 0 Å². The van der Waals surface area contributed by atoms with Crippen molar-refractivity contribution in [2.75, 3.05) is 26.1 Å². The van der Waals surface area contributed by atoms with Crippen molar-refractivity contribution in [3.8, 4) is 5.75 Å². The monoisotopic (exact) mass is 502 g/mol. The number of nitrogens with one attached hydrogen (secondary N) is 1. The molecule has 3 aromatic carbocycles. The third-order valence-corrected chi connectivity index (χ3v) is 6.92. The maximum Gasteiger partial charge on any atom is 0.339 e. The summed E-state index contributed by atoms with van der Waals surface area (Å²) in [6, 6.07) is 19.4. The molecule has 0 aliphatic rings. The van der Waals surface area contributed by atoms with Crippen LogP contribution in [0.3, 0.4) is 0 Å². The summed E-state index contributed by atoms with van der Waals surface area (Å²) < 4.78 is 38.2. The van der Waals surface area contributed by atoms with Crippen molar-refractivity contribution < 1.29 is 27.5 Å². The van der Waals surface area contributed by atoms with E-state index in [0.717, 1.165) is 4.31 Å². The zero-order chi connectivity index (χ0) is 24.7. The number of anilines is 1. The lowest BCUT2D eigenvalue weighted by Gasteiger charge is -2.23. The molecular weight excluding hydrogens is 480 g/mol. The number of para-hydroxylation sites is 1. The van der Waals surface area contributed by atoms with Gasteiger partial charge in [-0.15, -0.1) is 0 Å². The summed E-state index contributed by atoms with van der Waals surface area (Å²) in [5.41, 5.74) is 1.03. The zero-order valence-corrected chi connectivity index (χ0v) is 20.1. The average Bonchev–Trinajstić information content (AvgIpc) is 2.84. The normalized spacial score (nSPS) is 11.2. The molecule has 1 N–H and O–H groups in total. The summed E-state index contributed by atoms with van der Waals surface area (Å²) in [7, 11) is -1.63. The third kappa shape index (κ3) is 5.93. The van der Waals surface area contributed by atoms with Crippen molar-refractivity contribution in [1.82, 2.24) is 4.31 Å². The molecule has 0 saturated carbocycles. The number of carbonyl (C=O) groups is 2. The van der Waals surface area contributed by atoms with Gasteiger partial charge < -0.3 is 14.8 Å². The summed E-state index contributed by atoms with van der Waals surface area (Å²) in [6.45, 7) is -0.604. The van der Waals surface area contributed by atoms with Crippen LogP contribution in [0.4, 0.5) is 5.69 Å². The molecular formula is C24H23ClN2O6S. The number of benzene rings is 3. The maximum absolute atomic E-state index is 13.6. The Hall–Kier alpha value is -3.40. The fourth-order valence-electron chi connectivity index (χ4n) is 3.23. The van der Waals surface area contributed by atoms with Gasteiger partial charge in [-0.05, 0) is 35.9 Å². The number of hydrogen-bond acceptors (Lipinski definition) is 6. The fourth-order valence-corrected chi connectivity index (χ4v) is 5.04. The Balaban J connectivity index is 1.96. The smallest absolute Gasteiger partial charge is 0.339 e. The Labute approximate surface area is 203 Å². The molecule has 0 spiro atoms. The summed E-state index contributed by atoms with van der Waals surface area (Å²) in [5, 5.41) is 2.81. The third-order valence-electron chi connectivity index (χ3n) is 4.87. The maximum atomic E-state index is 13.6. The number of carbonyl (C=O) groups excluding carboxylic acids is 2. The van der Waals surface area contributed by atoms with Gasteiger partial charge in [-0.1, -0.05) is 54.1 Å². The van der Waals surface area contributed by atoms with E-state index in [1.807, 2.05) is 0 Å². The first-order valence-corrected chi connectivity index (χ1v) is 11.9. The highest BCUT2D eigenvalue weighted by atomic mass is 35.5. The molecule has 0 fully saturated rings. The average molecular weight is 503 g/mol. The van der Waals surface area contributed by atoms with Crippen LogP contribution in [0.25, 0.3) is 0 Å². The second-order valence-corrected chi connectivity index (χ2v) is 9.48. The molecule has 0 unspecified atom stereocenters. The van der Waals surface area contributed by atoms with Gasteiger partial charge in [0, 0.05) is 11.6 Å². The number of halogens is 1. The van der Waals surface area contributed by atoms with Crippen LogP contribution in [0.2, 0.25) is 5.02 Å². The number of hydrogen-bond donors (Lipinski definition) is 1. The van der Waals surface area contributed by atoms with Crippen LogP contribution in [-0.2, 0) is 26.1 Å². The molecule has 0 aromatic heterocycles. The molecule has 3 rings (SSSR count). The second-order valence-electron chi connectivity index (χ2n) is 7.14. The Bertz CT molecular complexity index is 1280. The van der Waals surface area contributed by atoms with Crippen molar-refractivity contribution in [3.63, 3.8) is 0 Å². The van der Waals surface area contributed by atoms with E-state index in [1.165, 1.54) is 44.6 Å². The van der Waals surface area contributed by atoms with E-state index in [1.54, 1.807) is 42.5 Å². The van der Waals surface area contributed by atoms with Gasteiger partial charge in [0.25, 0.3) is 0 Å². The first-order chi connectivity index (χ1) is 16.3. The van der Waals surface area contributed by atoms with Gasteiger partial charge in [-0.3, -0.25) is 4.79 Å². The largest absolute Gasteiger partial charge is 0.495 e. The van der Waals surface area contributed by atoms with E-state index < -0.39 is 28.4 Å². The Morgan fingerprint density at radius 2 is 1.65 bits per heavy atom. The highest BCUT2D eigenvalue weighted by Crippen LogP contribution is 2.30. The van der Waals surface area contributed by atoms with Gasteiger partial charge >= 0.3 is 5.97 Å². The summed E-state index contributed by atoms with van der Waals surface area (Å²) >= 11 is 6.06. The topological polar surface area (TPSA) is 102 Å². The van der Waals surface area contributed by atoms with Crippen molar-refractivity contribution in [2.45, 2.75) is 11.4 Å². The van der Waals surface area contributed by atoms with Gasteiger partial charge in [0.1, 0.15) is 10.6 Å². The predicted octanol–water partition coefficient (Wildman–Crippen LogP) is 3.96. The molecule has 0 radical (unpaired) electrons. The Kier molecular flexibility index (Phi) is 8.27.